The van der Waals surface area contributed by atoms with Gasteiger partial charge in [0.2, 0.25) is 0 Å². The summed E-state index contributed by atoms with van der Waals surface area (Å²) in [6, 6.07) is 9.99. The van der Waals surface area contributed by atoms with Crippen LogP contribution in [0, 0.1) is 5.92 Å². The molecule has 2 heterocycles. The Hall–Kier alpha value is -1.46. The molecule has 1 fully saturated rings. The summed E-state index contributed by atoms with van der Waals surface area (Å²) in [5.74, 6) is 2.16. The molecular weight excluding hydrogens is 330 g/mol. The first-order chi connectivity index (χ1) is 10.3. The predicted molar refractivity (Wildman–Crippen MR) is 87.2 cm³/mol. The molecule has 4 nitrogen and oxygen atoms in total. The van der Waals surface area contributed by atoms with Crippen LogP contribution in [0.1, 0.15) is 12.8 Å². The molecule has 1 aromatic heterocycles. The number of aliphatic hydroxyl groups is 1. The summed E-state index contributed by atoms with van der Waals surface area (Å²) in [5, 5.41) is 9.22. The SMILES string of the molecule is OCC1CCN(c2ccnc(-c3ccc(Br)cc3)n2)CC1. The Kier molecular flexibility index (Phi) is 4.51. The lowest BCUT2D eigenvalue weighted by atomic mass is 9.98. The highest BCUT2D eigenvalue weighted by atomic mass is 79.9. The number of nitrogens with zero attached hydrogens (tertiary/aromatic N) is 3. The molecule has 0 radical (unpaired) electrons. The third-order valence-corrected chi connectivity index (χ3v) is 4.47. The quantitative estimate of drug-likeness (QED) is 0.926. The normalized spacial score (nSPS) is 16.2. The van der Waals surface area contributed by atoms with Gasteiger partial charge >= 0.3 is 0 Å². The maximum Gasteiger partial charge on any atom is 0.161 e. The van der Waals surface area contributed by atoms with Crippen molar-refractivity contribution in [2.75, 3.05) is 24.6 Å². The fraction of sp³-hybridized carbons (Fsp3) is 0.375. The monoisotopic (exact) mass is 347 g/mol. The fourth-order valence-electron chi connectivity index (χ4n) is 2.61. The van der Waals surface area contributed by atoms with E-state index in [1.807, 2.05) is 36.5 Å². The first kappa shape index (κ1) is 14.5. The highest BCUT2D eigenvalue weighted by molar-refractivity contribution is 9.10. The fourth-order valence-corrected chi connectivity index (χ4v) is 2.87. The van der Waals surface area contributed by atoms with Gasteiger partial charge in [-0.25, -0.2) is 9.97 Å². The number of aromatic nitrogens is 2. The average Bonchev–Trinajstić information content (AvgIpc) is 2.56. The van der Waals surface area contributed by atoms with E-state index in [2.05, 4.69) is 30.8 Å². The number of hydrogen-bond donors (Lipinski definition) is 1. The average molecular weight is 348 g/mol. The predicted octanol–water partition coefficient (Wildman–Crippen LogP) is 3.11. The van der Waals surface area contributed by atoms with Crippen molar-refractivity contribution in [3.63, 3.8) is 0 Å². The molecule has 0 bridgehead atoms. The van der Waals surface area contributed by atoms with Gasteiger partial charge in [-0.2, -0.15) is 0 Å². The Bertz CT molecular complexity index is 595. The van der Waals surface area contributed by atoms with E-state index < -0.39 is 0 Å². The van der Waals surface area contributed by atoms with Crippen molar-refractivity contribution in [2.45, 2.75) is 12.8 Å². The molecule has 0 amide bonds. The second kappa shape index (κ2) is 6.54. The number of anilines is 1. The Morgan fingerprint density at radius 3 is 2.52 bits per heavy atom. The van der Waals surface area contributed by atoms with Gasteiger partial charge in [0, 0.05) is 35.9 Å². The molecule has 1 saturated heterocycles. The second-order valence-electron chi connectivity index (χ2n) is 5.36. The summed E-state index contributed by atoms with van der Waals surface area (Å²) in [6.45, 7) is 2.19. The summed E-state index contributed by atoms with van der Waals surface area (Å²) in [6.07, 6.45) is 3.86. The van der Waals surface area contributed by atoms with Crippen LogP contribution in [0.4, 0.5) is 5.82 Å². The van der Waals surface area contributed by atoms with Crippen LogP contribution in [0.3, 0.4) is 0 Å². The topological polar surface area (TPSA) is 49.2 Å². The Balaban J connectivity index is 1.79. The lowest BCUT2D eigenvalue weighted by Gasteiger charge is -2.32. The molecule has 0 unspecified atom stereocenters. The van der Waals surface area contributed by atoms with Crippen molar-refractivity contribution < 1.29 is 5.11 Å². The van der Waals surface area contributed by atoms with Crippen molar-refractivity contribution >= 4 is 21.7 Å². The lowest BCUT2D eigenvalue weighted by Crippen LogP contribution is -2.35. The van der Waals surface area contributed by atoms with Gasteiger partial charge in [-0.05, 0) is 37.0 Å². The van der Waals surface area contributed by atoms with Crippen molar-refractivity contribution in [1.82, 2.24) is 9.97 Å². The van der Waals surface area contributed by atoms with E-state index in [4.69, 9.17) is 0 Å². The Morgan fingerprint density at radius 1 is 1.14 bits per heavy atom. The molecule has 0 saturated carbocycles. The van der Waals surface area contributed by atoms with E-state index >= 15 is 0 Å². The second-order valence-corrected chi connectivity index (χ2v) is 6.27. The maximum atomic E-state index is 9.22. The zero-order valence-corrected chi connectivity index (χ0v) is 13.3. The van der Waals surface area contributed by atoms with E-state index in [0.29, 0.717) is 12.5 Å². The Labute approximate surface area is 133 Å². The molecule has 1 aliphatic heterocycles. The van der Waals surface area contributed by atoms with E-state index in [0.717, 1.165) is 47.6 Å². The molecule has 1 N–H and O–H groups in total. The van der Waals surface area contributed by atoms with Crippen LogP contribution in [-0.4, -0.2) is 34.8 Å². The van der Waals surface area contributed by atoms with Crippen molar-refractivity contribution in [3.05, 3.63) is 41.0 Å². The molecule has 0 atom stereocenters. The molecule has 1 aliphatic rings. The highest BCUT2D eigenvalue weighted by Gasteiger charge is 2.19. The third kappa shape index (κ3) is 3.41. The minimum atomic E-state index is 0.293. The summed E-state index contributed by atoms with van der Waals surface area (Å²) in [4.78, 5) is 11.3. The zero-order valence-electron chi connectivity index (χ0n) is 11.7. The van der Waals surface area contributed by atoms with Crippen molar-refractivity contribution in [3.8, 4) is 11.4 Å². The minimum Gasteiger partial charge on any atom is -0.396 e. The van der Waals surface area contributed by atoms with Gasteiger partial charge in [0.1, 0.15) is 5.82 Å². The first-order valence-electron chi connectivity index (χ1n) is 7.21. The van der Waals surface area contributed by atoms with Crippen LogP contribution in [0.15, 0.2) is 41.0 Å². The lowest BCUT2D eigenvalue weighted by molar-refractivity contribution is 0.203. The van der Waals surface area contributed by atoms with Crippen LogP contribution in [0.25, 0.3) is 11.4 Å². The maximum absolute atomic E-state index is 9.22. The van der Waals surface area contributed by atoms with Crippen molar-refractivity contribution in [1.29, 1.82) is 0 Å². The van der Waals surface area contributed by atoms with E-state index in [1.165, 1.54) is 0 Å². The van der Waals surface area contributed by atoms with E-state index in [-0.39, 0.29) is 0 Å². The Morgan fingerprint density at radius 2 is 1.86 bits per heavy atom. The number of rotatable bonds is 3. The van der Waals surface area contributed by atoms with Gasteiger partial charge in [0.05, 0.1) is 0 Å². The van der Waals surface area contributed by atoms with Gasteiger partial charge in [-0.3, -0.25) is 0 Å². The molecule has 110 valence electrons. The summed E-state index contributed by atoms with van der Waals surface area (Å²) < 4.78 is 1.05. The first-order valence-corrected chi connectivity index (χ1v) is 8.00. The number of hydrogen-bond acceptors (Lipinski definition) is 4. The molecule has 3 rings (SSSR count). The smallest absolute Gasteiger partial charge is 0.161 e. The van der Waals surface area contributed by atoms with E-state index in [1.54, 1.807) is 0 Å². The van der Waals surface area contributed by atoms with Gasteiger partial charge < -0.3 is 10.0 Å². The van der Waals surface area contributed by atoms with Gasteiger partial charge in [-0.15, -0.1) is 0 Å². The van der Waals surface area contributed by atoms with Crippen LogP contribution in [0.2, 0.25) is 0 Å². The van der Waals surface area contributed by atoms with Crippen LogP contribution in [0.5, 0.6) is 0 Å². The number of halogens is 1. The minimum absolute atomic E-state index is 0.293. The van der Waals surface area contributed by atoms with Gasteiger partial charge in [0.15, 0.2) is 5.82 Å². The standard InChI is InChI=1S/C16H18BrN3O/c17-14-3-1-13(2-4-14)16-18-8-5-15(19-16)20-9-6-12(11-21)7-10-20/h1-5,8,12,21H,6-7,9-11H2. The largest absolute Gasteiger partial charge is 0.396 e. The van der Waals surface area contributed by atoms with Gasteiger partial charge in [0.25, 0.3) is 0 Å². The van der Waals surface area contributed by atoms with E-state index in [9.17, 15) is 5.11 Å². The molecule has 0 aliphatic carbocycles. The number of piperidine rings is 1. The third-order valence-electron chi connectivity index (χ3n) is 3.94. The summed E-state index contributed by atoms with van der Waals surface area (Å²) in [7, 11) is 0. The molecule has 5 heteroatoms. The van der Waals surface area contributed by atoms with Crippen LogP contribution < -0.4 is 4.90 Å². The number of benzene rings is 1. The number of aliphatic hydroxyl groups excluding tert-OH is 1. The molecule has 21 heavy (non-hydrogen) atoms. The van der Waals surface area contributed by atoms with Crippen LogP contribution in [-0.2, 0) is 0 Å². The highest BCUT2D eigenvalue weighted by Crippen LogP contribution is 2.24. The molecule has 2 aromatic rings. The summed E-state index contributed by atoms with van der Waals surface area (Å²) >= 11 is 3.44. The van der Waals surface area contributed by atoms with Gasteiger partial charge in [-0.1, -0.05) is 28.1 Å². The zero-order chi connectivity index (χ0) is 14.7. The summed E-state index contributed by atoms with van der Waals surface area (Å²) in [5.41, 5.74) is 1.02. The van der Waals surface area contributed by atoms with Crippen molar-refractivity contribution in [2.24, 2.45) is 5.92 Å². The molecular formula is C16H18BrN3O. The molecule has 1 aromatic carbocycles. The molecule has 0 spiro atoms. The van der Waals surface area contributed by atoms with Crippen LogP contribution >= 0.6 is 15.9 Å².